The molecule has 2 aromatic rings. The quantitative estimate of drug-likeness (QED) is 0.428. The number of nitrogens with one attached hydrogen (secondary N) is 1. The van der Waals surface area contributed by atoms with Gasteiger partial charge in [0.1, 0.15) is 5.75 Å². The van der Waals surface area contributed by atoms with Gasteiger partial charge in [-0.15, -0.1) is 0 Å². The molecular formula is C20H24N2O2. The number of amides is 1. The lowest BCUT2D eigenvalue weighted by Crippen LogP contribution is -2.26. The molecule has 0 atom stereocenters. The summed E-state index contributed by atoms with van der Waals surface area (Å²) >= 11 is 0. The Labute approximate surface area is 143 Å². The Balaban J connectivity index is 1.92. The smallest absolute Gasteiger partial charge is 0.277 e. The van der Waals surface area contributed by atoms with Crippen LogP contribution in [0.5, 0.6) is 5.75 Å². The van der Waals surface area contributed by atoms with Gasteiger partial charge in [0.05, 0.1) is 5.71 Å². The molecule has 0 bridgehead atoms. The Morgan fingerprint density at radius 3 is 2.33 bits per heavy atom. The van der Waals surface area contributed by atoms with Crippen molar-refractivity contribution in [2.24, 2.45) is 5.10 Å². The predicted molar refractivity (Wildman–Crippen MR) is 97.2 cm³/mol. The second-order valence-corrected chi connectivity index (χ2v) is 5.52. The van der Waals surface area contributed by atoms with E-state index in [1.165, 1.54) is 0 Å². The van der Waals surface area contributed by atoms with Crippen molar-refractivity contribution < 1.29 is 9.53 Å². The normalized spacial score (nSPS) is 11.1. The molecule has 2 aromatic carbocycles. The summed E-state index contributed by atoms with van der Waals surface area (Å²) in [4.78, 5) is 11.9. The molecule has 0 saturated carbocycles. The molecule has 0 unspecified atom stereocenters. The van der Waals surface area contributed by atoms with E-state index in [-0.39, 0.29) is 12.5 Å². The minimum Gasteiger partial charge on any atom is -0.484 e. The van der Waals surface area contributed by atoms with Crippen molar-refractivity contribution in [3.05, 3.63) is 66.2 Å². The maximum absolute atomic E-state index is 11.9. The number of benzene rings is 2. The summed E-state index contributed by atoms with van der Waals surface area (Å²) in [5.41, 5.74) is 4.54. The molecule has 0 radical (unpaired) electrons. The first-order valence-electron chi connectivity index (χ1n) is 8.38. The SMILES string of the molecule is CCCCC/C(=N\NC(=O)COc1ccccc1)c1ccccc1. The molecular weight excluding hydrogens is 300 g/mol. The van der Waals surface area contributed by atoms with Gasteiger partial charge in [-0.25, -0.2) is 5.43 Å². The highest BCUT2D eigenvalue weighted by Crippen LogP contribution is 2.09. The lowest BCUT2D eigenvalue weighted by Gasteiger charge is -2.08. The van der Waals surface area contributed by atoms with E-state index >= 15 is 0 Å². The molecule has 0 aliphatic carbocycles. The zero-order chi connectivity index (χ0) is 17.0. The Morgan fingerprint density at radius 2 is 1.67 bits per heavy atom. The van der Waals surface area contributed by atoms with E-state index < -0.39 is 0 Å². The maximum Gasteiger partial charge on any atom is 0.277 e. The van der Waals surface area contributed by atoms with Crippen LogP contribution < -0.4 is 10.2 Å². The van der Waals surface area contributed by atoms with Gasteiger partial charge in [-0.1, -0.05) is 68.3 Å². The fourth-order valence-corrected chi connectivity index (χ4v) is 2.27. The van der Waals surface area contributed by atoms with Crippen molar-refractivity contribution in [1.29, 1.82) is 0 Å². The van der Waals surface area contributed by atoms with Crippen LogP contribution in [0.2, 0.25) is 0 Å². The van der Waals surface area contributed by atoms with E-state index in [0.29, 0.717) is 5.75 Å². The third-order valence-electron chi connectivity index (χ3n) is 3.55. The second-order valence-electron chi connectivity index (χ2n) is 5.52. The van der Waals surface area contributed by atoms with E-state index in [1.807, 2.05) is 60.7 Å². The lowest BCUT2D eigenvalue weighted by atomic mass is 10.0. The summed E-state index contributed by atoms with van der Waals surface area (Å²) in [5.74, 6) is 0.408. The van der Waals surface area contributed by atoms with Crippen molar-refractivity contribution in [3.8, 4) is 5.75 Å². The molecule has 4 nitrogen and oxygen atoms in total. The second kappa shape index (κ2) is 10.2. The van der Waals surface area contributed by atoms with E-state index in [2.05, 4.69) is 17.5 Å². The van der Waals surface area contributed by atoms with Gasteiger partial charge in [0, 0.05) is 0 Å². The third-order valence-corrected chi connectivity index (χ3v) is 3.55. The number of ether oxygens (including phenoxy) is 1. The minimum atomic E-state index is -0.261. The lowest BCUT2D eigenvalue weighted by molar-refractivity contribution is -0.123. The number of rotatable bonds is 9. The van der Waals surface area contributed by atoms with Gasteiger partial charge in [-0.05, 0) is 30.5 Å². The summed E-state index contributed by atoms with van der Waals surface area (Å²) in [6, 6.07) is 19.2. The summed E-state index contributed by atoms with van der Waals surface area (Å²) < 4.78 is 5.42. The van der Waals surface area contributed by atoms with Crippen molar-refractivity contribution >= 4 is 11.6 Å². The molecule has 126 valence electrons. The predicted octanol–water partition coefficient (Wildman–Crippen LogP) is 4.17. The van der Waals surface area contributed by atoms with Gasteiger partial charge in [-0.2, -0.15) is 5.10 Å². The van der Waals surface area contributed by atoms with Crippen LogP contribution in [0.3, 0.4) is 0 Å². The zero-order valence-corrected chi connectivity index (χ0v) is 14.1. The van der Waals surface area contributed by atoms with E-state index in [9.17, 15) is 4.79 Å². The maximum atomic E-state index is 11.9. The number of hydrogen-bond donors (Lipinski definition) is 1. The van der Waals surface area contributed by atoms with Gasteiger partial charge in [0.25, 0.3) is 5.91 Å². The number of unbranched alkanes of at least 4 members (excludes halogenated alkanes) is 2. The highest BCUT2D eigenvalue weighted by atomic mass is 16.5. The fraction of sp³-hybridized carbons (Fsp3) is 0.300. The molecule has 0 aliphatic rings. The first-order chi connectivity index (χ1) is 11.8. The third kappa shape index (κ3) is 6.24. The van der Waals surface area contributed by atoms with Crippen LogP contribution in [0, 0.1) is 0 Å². The van der Waals surface area contributed by atoms with Gasteiger partial charge in [0.2, 0.25) is 0 Å². The number of para-hydroxylation sites is 1. The molecule has 24 heavy (non-hydrogen) atoms. The Morgan fingerprint density at radius 1 is 1.00 bits per heavy atom. The van der Waals surface area contributed by atoms with Crippen LogP contribution in [-0.2, 0) is 4.79 Å². The average molecular weight is 324 g/mol. The monoisotopic (exact) mass is 324 g/mol. The van der Waals surface area contributed by atoms with E-state index in [1.54, 1.807) is 0 Å². The molecule has 1 N–H and O–H groups in total. The summed E-state index contributed by atoms with van der Waals surface area (Å²) in [5, 5.41) is 4.32. The first-order valence-corrected chi connectivity index (χ1v) is 8.38. The van der Waals surface area contributed by atoms with Gasteiger partial charge < -0.3 is 4.74 Å². The van der Waals surface area contributed by atoms with Crippen LogP contribution in [-0.4, -0.2) is 18.2 Å². The Bertz CT molecular complexity index is 639. The highest BCUT2D eigenvalue weighted by molar-refractivity contribution is 6.01. The van der Waals surface area contributed by atoms with Crippen LogP contribution in [0.15, 0.2) is 65.8 Å². The van der Waals surface area contributed by atoms with E-state index in [0.717, 1.165) is 37.0 Å². The number of hydrogen-bond acceptors (Lipinski definition) is 3. The standard InChI is InChI=1S/C20H24N2O2/c1-2-3-6-15-19(17-11-7-4-8-12-17)21-22-20(23)16-24-18-13-9-5-10-14-18/h4-5,7-14H,2-3,6,15-16H2,1H3,(H,22,23)/b21-19+. The molecule has 0 heterocycles. The van der Waals surface area contributed by atoms with Crippen LogP contribution in [0.1, 0.15) is 38.2 Å². The molecule has 0 aliphatic heterocycles. The molecule has 0 aromatic heterocycles. The highest BCUT2D eigenvalue weighted by Gasteiger charge is 2.06. The molecule has 0 spiro atoms. The Kier molecular flexibility index (Phi) is 7.54. The van der Waals surface area contributed by atoms with Gasteiger partial charge in [0.15, 0.2) is 6.61 Å². The van der Waals surface area contributed by atoms with Crippen molar-refractivity contribution in [2.75, 3.05) is 6.61 Å². The molecule has 4 heteroatoms. The molecule has 0 fully saturated rings. The Hall–Kier alpha value is -2.62. The van der Waals surface area contributed by atoms with Gasteiger partial charge >= 0.3 is 0 Å². The number of carbonyl (C=O) groups is 1. The number of carbonyl (C=O) groups excluding carboxylic acids is 1. The first kappa shape index (κ1) is 17.7. The van der Waals surface area contributed by atoms with Crippen molar-refractivity contribution in [3.63, 3.8) is 0 Å². The average Bonchev–Trinajstić information content (AvgIpc) is 2.64. The van der Waals surface area contributed by atoms with Crippen molar-refractivity contribution in [1.82, 2.24) is 5.43 Å². The fourth-order valence-electron chi connectivity index (χ4n) is 2.27. The summed E-state index contributed by atoms with van der Waals surface area (Å²) in [6.07, 6.45) is 4.20. The summed E-state index contributed by atoms with van der Waals surface area (Å²) in [6.45, 7) is 2.12. The summed E-state index contributed by atoms with van der Waals surface area (Å²) in [7, 11) is 0. The van der Waals surface area contributed by atoms with Crippen LogP contribution >= 0.6 is 0 Å². The molecule has 0 saturated heterocycles. The van der Waals surface area contributed by atoms with Crippen molar-refractivity contribution in [2.45, 2.75) is 32.6 Å². The topological polar surface area (TPSA) is 50.7 Å². The number of hydrazone groups is 1. The van der Waals surface area contributed by atoms with Crippen LogP contribution in [0.25, 0.3) is 0 Å². The van der Waals surface area contributed by atoms with E-state index in [4.69, 9.17) is 4.74 Å². The molecule has 1 amide bonds. The van der Waals surface area contributed by atoms with Gasteiger partial charge in [-0.3, -0.25) is 4.79 Å². The number of nitrogens with zero attached hydrogens (tertiary/aromatic N) is 1. The van der Waals surface area contributed by atoms with Crippen LogP contribution in [0.4, 0.5) is 0 Å². The zero-order valence-electron chi connectivity index (χ0n) is 14.1. The largest absolute Gasteiger partial charge is 0.484 e. The minimum absolute atomic E-state index is 0.0510. The molecule has 2 rings (SSSR count).